The third-order valence-corrected chi connectivity index (χ3v) is 14.4. The zero-order valence-electron chi connectivity index (χ0n) is 29.1. The van der Waals surface area contributed by atoms with Crippen molar-refractivity contribution in [3.8, 4) is 22.5 Å². The molecule has 0 atom stereocenters. The third-order valence-electron chi connectivity index (χ3n) is 8.75. The average Bonchev–Trinajstić information content (AvgIpc) is 3.43. The van der Waals surface area contributed by atoms with Crippen molar-refractivity contribution in [2.24, 2.45) is 0 Å². The summed E-state index contributed by atoms with van der Waals surface area (Å²) in [4.78, 5) is 9.22. The first kappa shape index (κ1) is 32.9. The van der Waals surface area contributed by atoms with E-state index in [9.17, 15) is 0 Å². The Balaban J connectivity index is 0.000000198. The van der Waals surface area contributed by atoms with Gasteiger partial charge in [-0.05, 0) is 73.6 Å². The van der Waals surface area contributed by atoms with Crippen molar-refractivity contribution in [2.45, 2.75) is 43.9 Å². The van der Waals surface area contributed by atoms with Gasteiger partial charge in [-0.3, -0.25) is 0 Å². The Bertz CT molecular complexity index is 2440. The molecular weight excluding hydrogens is 841 g/mol. The summed E-state index contributed by atoms with van der Waals surface area (Å²) >= 11 is 0.0260. The molecule has 0 unspecified atom stereocenters. The second-order valence-corrected chi connectivity index (χ2v) is 25.1. The molecule has 0 saturated carbocycles. The molecule has 8 rings (SSSR count). The van der Waals surface area contributed by atoms with Crippen LogP contribution in [-0.2, 0) is 20.1 Å². The molecule has 0 fully saturated rings. The van der Waals surface area contributed by atoms with Crippen molar-refractivity contribution in [3.63, 3.8) is 0 Å². The molecule has 0 spiro atoms. The minimum absolute atomic E-state index is 0. The number of thiophene rings is 1. The van der Waals surface area contributed by atoms with Crippen LogP contribution in [0.4, 0.5) is 0 Å². The molecule has 5 aromatic carbocycles. The quantitative estimate of drug-likeness (QED) is 0.1000. The van der Waals surface area contributed by atoms with Gasteiger partial charge in [0.2, 0.25) is 0 Å². The molecule has 0 amide bonds. The summed E-state index contributed by atoms with van der Waals surface area (Å²) < 4.78 is 12.4. The van der Waals surface area contributed by atoms with E-state index in [0.29, 0.717) is 0 Å². The Morgan fingerprint density at radius 1 is 0.729 bits per heavy atom. The van der Waals surface area contributed by atoms with Crippen molar-refractivity contribution in [1.29, 1.82) is 0 Å². The van der Waals surface area contributed by atoms with Gasteiger partial charge in [-0.25, -0.2) is 0 Å². The smallest absolute Gasteiger partial charge is 0.0346 e. The summed E-state index contributed by atoms with van der Waals surface area (Å²) in [6, 6.07) is 42.7. The molecule has 0 saturated heterocycles. The van der Waals surface area contributed by atoms with E-state index < -0.39 is 19.2 Å². The van der Waals surface area contributed by atoms with Gasteiger partial charge in [0.25, 0.3) is 0 Å². The number of pyridine rings is 2. The SMILES string of the molecule is Cc1cc(-c2[c-]cccc2)nc[c]1[Ge]([CH3])([CH3])[CH3].[2H]C(C)(C)c1ccnc(-c2[c-]ccc3c2sc2cc4cc5ccccc5cc4cc23)c1.[Ir]. The molecule has 0 bridgehead atoms. The molecule has 8 aromatic rings. The summed E-state index contributed by atoms with van der Waals surface area (Å²) in [5.74, 6) is 6.54. The number of hydrogen-bond acceptors (Lipinski definition) is 3. The fourth-order valence-corrected chi connectivity index (χ4v) is 11.1. The van der Waals surface area contributed by atoms with E-state index in [2.05, 4.69) is 119 Å². The molecule has 0 aliphatic carbocycles. The van der Waals surface area contributed by atoms with E-state index in [4.69, 9.17) is 1.37 Å². The first-order valence-electron chi connectivity index (χ1n) is 16.6. The van der Waals surface area contributed by atoms with Crippen molar-refractivity contribution in [2.75, 3.05) is 0 Å². The maximum absolute atomic E-state index is 8.39. The van der Waals surface area contributed by atoms with Gasteiger partial charge < -0.3 is 4.98 Å². The van der Waals surface area contributed by atoms with Gasteiger partial charge in [-0.15, -0.1) is 23.8 Å². The normalized spacial score (nSPS) is 12.1. The molecule has 48 heavy (non-hydrogen) atoms. The van der Waals surface area contributed by atoms with E-state index in [0.717, 1.165) is 28.1 Å². The second kappa shape index (κ2) is 14.1. The second-order valence-electron chi connectivity index (χ2n) is 13.4. The van der Waals surface area contributed by atoms with Crippen molar-refractivity contribution in [3.05, 3.63) is 139 Å². The van der Waals surface area contributed by atoms with E-state index in [-0.39, 0.29) is 20.1 Å². The molecule has 241 valence electrons. The largest absolute Gasteiger partial charge is 0.305 e. The summed E-state index contributed by atoms with van der Waals surface area (Å²) in [6.07, 6.45) is 3.88. The minimum Gasteiger partial charge on any atom is -0.305 e. The number of hydrogen-bond donors (Lipinski definition) is 0. The zero-order valence-corrected chi connectivity index (χ0v) is 33.4. The Labute approximate surface area is 305 Å². The first-order chi connectivity index (χ1) is 23.0. The van der Waals surface area contributed by atoms with Crippen LogP contribution >= 0.6 is 11.3 Å². The molecule has 3 aromatic heterocycles. The molecule has 0 aliphatic heterocycles. The standard InChI is InChI=1S/C28H20NS.C15H18GeN.Ir/c1-17(2)18-10-11-29-26(15-18)24-9-5-8-23-25-14-21-12-19-6-3-4-7-20(19)13-22(21)16-27(25)30-28(23)24;1-12-10-15(13-8-6-5-7-9-13)17-11-14(12)16(2,3)4;/h3-8,10-17H,1-2H3;5-8,10-11H,1-4H3;/q2*-1;/i17D;;. The van der Waals surface area contributed by atoms with E-state index in [1.807, 2.05) is 50.2 Å². The van der Waals surface area contributed by atoms with Crippen molar-refractivity contribution >= 4 is 70.7 Å². The Morgan fingerprint density at radius 2 is 1.46 bits per heavy atom. The fourth-order valence-electron chi connectivity index (χ4n) is 6.29. The predicted octanol–water partition coefficient (Wildman–Crippen LogP) is 11.7. The number of fused-ring (bicyclic) bond motifs is 5. The maximum Gasteiger partial charge on any atom is 0.0346 e. The summed E-state index contributed by atoms with van der Waals surface area (Å²) in [6.45, 7) is 6.01. The Kier molecular flexibility index (Phi) is 9.62. The van der Waals surface area contributed by atoms with Crippen molar-refractivity contribution < 1.29 is 21.5 Å². The third kappa shape index (κ3) is 6.91. The van der Waals surface area contributed by atoms with Crippen LogP contribution in [0.25, 0.3) is 64.2 Å². The Morgan fingerprint density at radius 3 is 2.12 bits per heavy atom. The van der Waals surface area contributed by atoms with Gasteiger partial charge >= 0.3 is 106 Å². The monoisotopic (exact) mass is 882 g/mol. The summed E-state index contributed by atoms with van der Waals surface area (Å²) in [5.41, 5.74) is 6.33. The van der Waals surface area contributed by atoms with Gasteiger partial charge in [0, 0.05) is 32.4 Å². The van der Waals surface area contributed by atoms with Crippen LogP contribution in [0.2, 0.25) is 17.3 Å². The minimum atomic E-state index is -1.77. The van der Waals surface area contributed by atoms with Gasteiger partial charge in [0.05, 0.1) is 0 Å². The molecule has 0 aliphatic rings. The summed E-state index contributed by atoms with van der Waals surface area (Å²) in [7, 11) is 0. The molecular formula is C43H38GeIrN2S-2. The molecule has 1 radical (unpaired) electrons. The topological polar surface area (TPSA) is 25.8 Å². The van der Waals surface area contributed by atoms with Crippen LogP contribution in [-0.4, -0.2) is 23.2 Å². The zero-order chi connectivity index (χ0) is 33.6. The number of benzene rings is 5. The van der Waals surface area contributed by atoms with Crippen molar-refractivity contribution in [1.82, 2.24) is 9.97 Å². The van der Waals surface area contributed by atoms with Gasteiger partial charge in [-0.2, -0.15) is 11.3 Å². The van der Waals surface area contributed by atoms with Crippen LogP contribution < -0.4 is 4.40 Å². The maximum atomic E-state index is 8.39. The van der Waals surface area contributed by atoms with E-state index >= 15 is 0 Å². The fraction of sp³-hybridized carbons (Fsp3) is 0.163. The van der Waals surface area contributed by atoms with Gasteiger partial charge in [-0.1, -0.05) is 55.1 Å². The first-order valence-corrected chi connectivity index (χ1v) is 24.2. The van der Waals surface area contributed by atoms with Gasteiger partial charge in [0.15, 0.2) is 0 Å². The number of aryl methyl sites for hydroxylation is 1. The Hall–Kier alpha value is -3.67. The molecule has 0 N–H and O–H groups in total. The number of rotatable bonds is 4. The van der Waals surface area contributed by atoms with Crippen LogP contribution in [0.1, 0.15) is 32.2 Å². The van der Waals surface area contributed by atoms with E-state index in [1.54, 1.807) is 17.5 Å². The summed E-state index contributed by atoms with van der Waals surface area (Å²) in [5, 5.41) is 7.57. The number of nitrogens with zero attached hydrogens (tertiary/aromatic N) is 2. The molecule has 3 heterocycles. The predicted molar refractivity (Wildman–Crippen MR) is 207 cm³/mol. The van der Waals surface area contributed by atoms with Crippen LogP contribution in [0.5, 0.6) is 0 Å². The number of aromatic nitrogens is 2. The van der Waals surface area contributed by atoms with Crippen LogP contribution in [0.15, 0.2) is 116 Å². The average molecular weight is 881 g/mol. The molecule has 2 nitrogen and oxygen atoms in total. The van der Waals surface area contributed by atoms with E-state index in [1.165, 1.54) is 51.7 Å². The van der Waals surface area contributed by atoms with Gasteiger partial charge in [0.1, 0.15) is 0 Å². The van der Waals surface area contributed by atoms with Crippen LogP contribution in [0.3, 0.4) is 0 Å². The van der Waals surface area contributed by atoms with Crippen LogP contribution in [0, 0.1) is 19.1 Å². The molecule has 5 heteroatoms.